The largest absolute Gasteiger partial charge is 0.305 e. The van der Waals surface area contributed by atoms with Crippen LogP contribution in [0, 0.1) is 17.2 Å². The van der Waals surface area contributed by atoms with Crippen LogP contribution in [0.15, 0.2) is 72.4 Å². The Morgan fingerprint density at radius 1 is 1.12 bits per heavy atom. The molecule has 0 aliphatic carbocycles. The van der Waals surface area contributed by atoms with Crippen LogP contribution in [-0.2, 0) is 0 Å². The minimum Gasteiger partial charge on any atom is -0.305 e. The van der Waals surface area contributed by atoms with Gasteiger partial charge in [0.05, 0.1) is 0 Å². The maximum absolute atomic E-state index is 8.40. The van der Waals surface area contributed by atoms with Gasteiger partial charge in [0.2, 0.25) is 0 Å². The second-order valence-corrected chi connectivity index (χ2v) is 6.69. The van der Waals surface area contributed by atoms with Gasteiger partial charge < -0.3 is 5.41 Å². The summed E-state index contributed by atoms with van der Waals surface area (Å²) in [6.07, 6.45) is 18.1. The van der Waals surface area contributed by atoms with Crippen LogP contribution in [0.1, 0.15) is 52.5 Å². The van der Waals surface area contributed by atoms with Crippen LogP contribution >= 0.6 is 0 Å². The number of benzene rings is 1. The van der Waals surface area contributed by atoms with E-state index in [4.69, 9.17) is 5.41 Å². The third kappa shape index (κ3) is 9.05. The summed E-state index contributed by atoms with van der Waals surface area (Å²) in [5, 5.41) is 8.40. The summed E-state index contributed by atoms with van der Waals surface area (Å²) in [6, 6.07) is 10.2. The molecule has 1 aromatic rings. The molecule has 1 rings (SSSR count). The van der Waals surface area contributed by atoms with Crippen LogP contribution in [0.5, 0.6) is 0 Å². The molecule has 0 saturated heterocycles. The molecule has 0 aromatic heterocycles. The molecule has 1 aromatic carbocycles. The standard InChI is InChI=1S/C24H33N/c1-5-7-14-22(11-6-2)23(17-15-20(3)4)19-24(25)18-16-21-12-9-8-10-13-21/h6-16,18,22-23,25H,5,17,19H2,1-4H3/b11-6?,14-7?,18-16-,25-24?. The van der Waals surface area contributed by atoms with Gasteiger partial charge in [0, 0.05) is 5.71 Å². The Kier molecular flexibility index (Phi) is 10.2. The quantitative estimate of drug-likeness (QED) is 0.344. The van der Waals surface area contributed by atoms with E-state index in [-0.39, 0.29) is 0 Å². The number of rotatable bonds is 10. The van der Waals surface area contributed by atoms with E-state index >= 15 is 0 Å². The highest BCUT2D eigenvalue weighted by Gasteiger charge is 2.17. The van der Waals surface area contributed by atoms with E-state index in [1.807, 2.05) is 30.4 Å². The van der Waals surface area contributed by atoms with Crippen molar-refractivity contribution in [2.45, 2.75) is 47.0 Å². The first kappa shape index (κ1) is 20.9. The van der Waals surface area contributed by atoms with Crippen molar-refractivity contribution >= 4 is 11.8 Å². The van der Waals surface area contributed by atoms with Crippen LogP contribution in [0.25, 0.3) is 6.08 Å². The van der Waals surface area contributed by atoms with E-state index in [0.29, 0.717) is 17.5 Å². The van der Waals surface area contributed by atoms with Gasteiger partial charge in [-0.05, 0) is 63.5 Å². The van der Waals surface area contributed by atoms with Crippen LogP contribution < -0.4 is 0 Å². The van der Waals surface area contributed by atoms with Gasteiger partial charge in [-0.25, -0.2) is 0 Å². The fourth-order valence-electron chi connectivity index (χ4n) is 2.77. The lowest BCUT2D eigenvalue weighted by molar-refractivity contribution is 0.474. The monoisotopic (exact) mass is 335 g/mol. The van der Waals surface area contributed by atoms with Crippen LogP contribution in [0.4, 0.5) is 0 Å². The molecule has 25 heavy (non-hydrogen) atoms. The van der Waals surface area contributed by atoms with Crippen LogP contribution in [-0.4, -0.2) is 5.71 Å². The van der Waals surface area contributed by atoms with Crippen molar-refractivity contribution in [2.24, 2.45) is 11.8 Å². The second kappa shape index (κ2) is 12.2. The lowest BCUT2D eigenvalue weighted by atomic mass is 9.83. The zero-order valence-corrected chi connectivity index (χ0v) is 16.2. The van der Waals surface area contributed by atoms with E-state index in [9.17, 15) is 0 Å². The van der Waals surface area contributed by atoms with E-state index in [0.717, 1.165) is 24.8 Å². The van der Waals surface area contributed by atoms with E-state index in [2.05, 4.69) is 70.2 Å². The molecule has 0 spiro atoms. The average Bonchev–Trinajstić information content (AvgIpc) is 2.61. The SMILES string of the molecule is CC=CC(C=CCC)C(CC=C(C)C)CC(=N)/C=C\c1ccccc1. The molecule has 1 nitrogen and oxygen atoms in total. The zero-order chi connectivity index (χ0) is 18.5. The summed E-state index contributed by atoms with van der Waals surface area (Å²) in [6.45, 7) is 8.53. The van der Waals surface area contributed by atoms with E-state index < -0.39 is 0 Å². The Labute approximate surface area is 154 Å². The maximum Gasteiger partial charge on any atom is 0.0317 e. The summed E-state index contributed by atoms with van der Waals surface area (Å²) in [7, 11) is 0. The molecular weight excluding hydrogens is 302 g/mol. The van der Waals surface area contributed by atoms with Gasteiger partial charge in [-0.15, -0.1) is 0 Å². The molecule has 0 heterocycles. The lowest BCUT2D eigenvalue weighted by Gasteiger charge is -2.21. The topological polar surface area (TPSA) is 23.9 Å². The Bertz CT molecular complexity index is 613. The molecule has 0 amide bonds. The number of nitrogens with one attached hydrogen (secondary N) is 1. The summed E-state index contributed by atoms with van der Waals surface area (Å²) < 4.78 is 0. The first-order valence-electron chi connectivity index (χ1n) is 9.30. The molecule has 134 valence electrons. The molecule has 0 radical (unpaired) electrons. The number of allylic oxidation sites excluding steroid dienone is 7. The van der Waals surface area contributed by atoms with Crippen LogP contribution in [0.2, 0.25) is 0 Å². The summed E-state index contributed by atoms with van der Waals surface area (Å²) in [5.41, 5.74) is 3.18. The predicted octanol–water partition coefficient (Wildman–Crippen LogP) is 7.24. The average molecular weight is 336 g/mol. The van der Waals surface area contributed by atoms with Crippen LogP contribution in [0.3, 0.4) is 0 Å². The summed E-state index contributed by atoms with van der Waals surface area (Å²) >= 11 is 0. The fraction of sp³-hybridized carbons (Fsp3) is 0.375. The molecule has 2 atom stereocenters. The van der Waals surface area contributed by atoms with E-state index in [1.165, 1.54) is 5.57 Å². The van der Waals surface area contributed by atoms with Gasteiger partial charge >= 0.3 is 0 Å². The maximum atomic E-state index is 8.40. The minimum atomic E-state index is 0.381. The molecule has 0 aliphatic heterocycles. The van der Waals surface area contributed by atoms with E-state index in [1.54, 1.807) is 0 Å². The molecular formula is C24H33N. The Morgan fingerprint density at radius 3 is 2.44 bits per heavy atom. The molecule has 1 heteroatoms. The van der Waals surface area contributed by atoms with Crippen molar-refractivity contribution in [3.8, 4) is 0 Å². The van der Waals surface area contributed by atoms with Gasteiger partial charge in [0.1, 0.15) is 0 Å². The zero-order valence-electron chi connectivity index (χ0n) is 16.2. The smallest absolute Gasteiger partial charge is 0.0317 e. The predicted molar refractivity (Wildman–Crippen MR) is 113 cm³/mol. The minimum absolute atomic E-state index is 0.381. The molecule has 2 unspecified atom stereocenters. The van der Waals surface area contributed by atoms with Crippen molar-refractivity contribution < 1.29 is 0 Å². The summed E-state index contributed by atoms with van der Waals surface area (Å²) in [4.78, 5) is 0. The Hall–Kier alpha value is -2.15. The first-order valence-corrected chi connectivity index (χ1v) is 9.30. The molecule has 0 saturated carbocycles. The highest BCUT2D eigenvalue weighted by atomic mass is 14.4. The van der Waals surface area contributed by atoms with Gasteiger partial charge in [-0.3, -0.25) is 0 Å². The molecule has 0 aliphatic rings. The molecule has 1 N–H and O–H groups in total. The van der Waals surface area contributed by atoms with Gasteiger partial charge in [-0.1, -0.05) is 79.3 Å². The Morgan fingerprint density at radius 2 is 1.84 bits per heavy atom. The third-order valence-electron chi connectivity index (χ3n) is 4.14. The highest BCUT2D eigenvalue weighted by molar-refractivity contribution is 5.96. The van der Waals surface area contributed by atoms with Crippen molar-refractivity contribution in [3.63, 3.8) is 0 Å². The number of hydrogen-bond acceptors (Lipinski definition) is 1. The van der Waals surface area contributed by atoms with Crippen molar-refractivity contribution in [3.05, 3.63) is 77.9 Å². The van der Waals surface area contributed by atoms with Gasteiger partial charge in [0.25, 0.3) is 0 Å². The summed E-state index contributed by atoms with van der Waals surface area (Å²) in [5.74, 6) is 0.799. The normalized spacial score (nSPS) is 14.2. The second-order valence-electron chi connectivity index (χ2n) is 6.69. The lowest BCUT2D eigenvalue weighted by Crippen LogP contribution is -2.14. The van der Waals surface area contributed by atoms with Crippen molar-refractivity contribution in [2.75, 3.05) is 0 Å². The van der Waals surface area contributed by atoms with Crippen molar-refractivity contribution in [1.29, 1.82) is 5.41 Å². The fourth-order valence-corrected chi connectivity index (χ4v) is 2.77. The Balaban J connectivity index is 2.87. The number of hydrogen-bond donors (Lipinski definition) is 1. The van der Waals surface area contributed by atoms with Gasteiger partial charge in [-0.2, -0.15) is 0 Å². The molecule has 0 fully saturated rings. The van der Waals surface area contributed by atoms with Gasteiger partial charge in [0.15, 0.2) is 0 Å². The molecule has 0 bridgehead atoms. The van der Waals surface area contributed by atoms with Crippen molar-refractivity contribution in [1.82, 2.24) is 0 Å². The third-order valence-corrected chi connectivity index (χ3v) is 4.14. The first-order chi connectivity index (χ1) is 12.1. The highest BCUT2D eigenvalue weighted by Crippen LogP contribution is 2.25.